The minimum atomic E-state index is -0.705. The first-order valence-electron chi connectivity index (χ1n) is 5.83. The maximum absolute atomic E-state index is 6.80. The van der Waals surface area contributed by atoms with Gasteiger partial charge in [-0.25, -0.2) is 0 Å². The highest BCUT2D eigenvalue weighted by atomic mass is 35.5. The van der Waals surface area contributed by atoms with Crippen LogP contribution < -0.4 is 0 Å². The number of hydrogen-bond donors (Lipinski definition) is 0. The van der Waals surface area contributed by atoms with Crippen LogP contribution in [0.3, 0.4) is 0 Å². The second-order valence-electron chi connectivity index (χ2n) is 5.52. The van der Waals surface area contributed by atoms with Crippen LogP contribution in [0.4, 0.5) is 0 Å². The first kappa shape index (κ1) is 11.9. The average Bonchev–Trinajstić information content (AvgIpc) is 2.52. The van der Waals surface area contributed by atoms with Gasteiger partial charge in [0.15, 0.2) is 0 Å². The molecule has 0 amide bonds. The monoisotopic (exact) mass is 318 g/mol. The Bertz CT molecular complexity index is 585. The van der Waals surface area contributed by atoms with Gasteiger partial charge >= 0.3 is 0 Å². The molecule has 1 aromatic rings. The maximum atomic E-state index is 6.80. The fourth-order valence-corrected chi connectivity index (χ4v) is 6.98. The average molecular weight is 320 g/mol. The van der Waals surface area contributed by atoms with Crippen LogP contribution in [0.25, 0.3) is 0 Å². The highest BCUT2D eigenvalue weighted by Crippen LogP contribution is 2.93. The van der Waals surface area contributed by atoms with Gasteiger partial charge in [0.25, 0.3) is 0 Å². The Balaban J connectivity index is 2.01. The number of benzene rings is 1. The van der Waals surface area contributed by atoms with Gasteiger partial charge in [-0.15, -0.1) is 46.4 Å². The molecule has 4 aliphatic carbocycles. The van der Waals surface area contributed by atoms with Crippen molar-refractivity contribution in [2.45, 2.75) is 31.8 Å². The van der Waals surface area contributed by atoms with Crippen molar-refractivity contribution in [3.8, 4) is 0 Å². The molecule has 0 N–H and O–H groups in total. The molecular weight excluding hydrogens is 310 g/mol. The molecule has 4 aliphatic rings. The summed E-state index contributed by atoms with van der Waals surface area (Å²) in [5.41, 5.74) is 1.54. The summed E-state index contributed by atoms with van der Waals surface area (Å²) >= 11 is 26.7. The van der Waals surface area contributed by atoms with Crippen molar-refractivity contribution in [2.24, 2.45) is 0 Å². The molecule has 5 rings (SSSR count). The van der Waals surface area contributed by atoms with Gasteiger partial charge in [-0.1, -0.05) is 36.9 Å². The van der Waals surface area contributed by atoms with Gasteiger partial charge in [0.1, 0.15) is 4.87 Å². The zero-order chi connectivity index (χ0) is 13.0. The van der Waals surface area contributed by atoms with E-state index in [2.05, 4.69) is 6.58 Å². The van der Waals surface area contributed by atoms with Crippen molar-refractivity contribution in [1.29, 1.82) is 0 Å². The molecule has 4 fully saturated rings. The zero-order valence-electron chi connectivity index (χ0n) is 9.39. The van der Waals surface area contributed by atoms with Crippen molar-refractivity contribution in [3.05, 3.63) is 48.0 Å². The normalized spacial score (nSPS) is 56.0. The predicted molar refractivity (Wildman–Crippen MR) is 77.3 cm³/mol. The lowest BCUT2D eigenvalue weighted by molar-refractivity contribution is 0.660. The van der Waals surface area contributed by atoms with Crippen LogP contribution in [-0.4, -0.2) is 20.0 Å². The highest BCUT2D eigenvalue weighted by Gasteiger charge is 3.02. The molecule has 1 aromatic carbocycles. The van der Waals surface area contributed by atoms with Crippen LogP contribution in [0, 0.1) is 0 Å². The molecule has 0 aliphatic heterocycles. The molecule has 0 heterocycles. The minimum absolute atomic E-state index is 0.365. The van der Waals surface area contributed by atoms with Crippen molar-refractivity contribution < 1.29 is 0 Å². The van der Waals surface area contributed by atoms with Gasteiger partial charge in [0.05, 0.1) is 15.1 Å². The topological polar surface area (TPSA) is 0 Å². The van der Waals surface area contributed by atoms with Gasteiger partial charge in [0.2, 0.25) is 0 Å². The molecule has 5 unspecified atom stereocenters. The summed E-state index contributed by atoms with van der Waals surface area (Å²) in [6.45, 7) is 4.08. The van der Waals surface area contributed by atoms with Crippen molar-refractivity contribution in [1.82, 2.24) is 0 Å². The summed E-state index contributed by atoms with van der Waals surface area (Å²) in [4.78, 5) is -2.07. The summed E-state index contributed by atoms with van der Waals surface area (Å²) in [6.07, 6.45) is 0.672. The van der Waals surface area contributed by atoms with Gasteiger partial charge in [-0.2, -0.15) is 0 Å². The van der Waals surface area contributed by atoms with Crippen LogP contribution >= 0.6 is 46.4 Å². The van der Waals surface area contributed by atoms with E-state index in [9.17, 15) is 0 Å². The molecule has 94 valence electrons. The molecule has 18 heavy (non-hydrogen) atoms. The fourth-order valence-electron chi connectivity index (χ4n) is 4.26. The first-order chi connectivity index (χ1) is 8.37. The number of alkyl halides is 4. The second kappa shape index (κ2) is 2.91. The highest BCUT2D eigenvalue weighted by molar-refractivity contribution is 6.54. The summed E-state index contributed by atoms with van der Waals surface area (Å²) in [7, 11) is 0. The number of hydrogen-bond acceptors (Lipinski definition) is 0. The number of halogens is 4. The smallest absolute Gasteiger partial charge is 0.100 e. The van der Waals surface area contributed by atoms with Crippen molar-refractivity contribution in [3.63, 3.8) is 0 Å². The van der Waals surface area contributed by atoms with E-state index >= 15 is 0 Å². The third-order valence-corrected chi connectivity index (χ3v) is 8.38. The molecule has 4 saturated carbocycles. The lowest BCUT2D eigenvalue weighted by Gasteiger charge is -2.19. The Kier molecular flexibility index (Phi) is 1.92. The summed E-state index contributed by atoms with van der Waals surface area (Å²) in [5.74, 6) is 0. The Labute approximate surface area is 126 Å². The molecule has 4 heteroatoms. The third-order valence-electron chi connectivity index (χ3n) is 5.11. The zero-order valence-corrected chi connectivity index (χ0v) is 12.4. The molecule has 0 nitrogen and oxygen atoms in total. The van der Waals surface area contributed by atoms with Gasteiger partial charge in [0, 0.05) is 5.41 Å². The first-order valence-corrected chi connectivity index (χ1v) is 7.40. The number of allylic oxidation sites excluding steroid dienone is 1. The summed E-state index contributed by atoms with van der Waals surface area (Å²) in [6, 6.07) is 10.0. The SMILES string of the molecule is C=C1C2(Cl)CC3(c4ccccc4)C1(Cl)C3(Cl)C2Cl. The molecule has 4 bridgehead atoms. The predicted octanol–water partition coefficient (Wildman–Crippen LogP) is 4.45. The largest absolute Gasteiger partial charge is 0.119 e. The molecule has 0 radical (unpaired) electrons. The van der Waals surface area contributed by atoms with Gasteiger partial charge in [-0.3, -0.25) is 0 Å². The van der Waals surface area contributed by atoms with Crippen LogP contribution in [0.1, 0.15) is 12.0 Å². The van der Waals surface area contributed by atoms with Crippen LogP contribution in [0.15, 0.2) is 42.5 Å². The van der Waals surface area contributed by atoms with E-state index in [-0.39, 0.29) is 10.8 Å². The Hall–Kier alpha value is 0.120. The van der Waals surface area contributed by atoms with Crippen molar-refractivity contribution >= 4 is 46.4 Å². The standard InChI is InChI=1S/C14H10Cl4/c1-8-11(16)7-12(9-5-3-2-4-6-9)13(8,17)14(12,18)10(11)15/h2-6,10H,1,7H2. The third kappa shape index (κ3) is 0.771. The van der Waals surface area contributed by atoms with Crippen molar-refractivity contribution in [2.75, 3.05) is 0 Å². The lowest BCUT2D eigenvalue weighted by Crippen LogP contribution is -2.28. The Morgan fingerprint density at radius 2 is 1.72 bits per heavy atom. The summed E-state index contributed by atoms with van der Waals surface area (Å²) < 4.78 is 0. The molecule has 5 atom stereocenters. The van der Waals surface area contributed by atoms with Gasteiger partial charge < -0.3 is 0 Å². The minimum Gasteiger partial charge on any atom is -0.119 e. The maximum Gasteiger partial charge on any atom is 0.100 e. The molecular formula is C14H10Cl4. The van der Waals surface area contributed by atoms with E-state index in [0.29, 0.717) is 6.42 Å². The van der Waals surface area contributed by atoms with E-state index in [1.54, 1.807) is 0 Å². The van der Waals surface area contributed by atoms with E-state index < -0.39 is 14.6 Å². The van der Waals surface area contributed by atoms with Gasteiger partial charge in [-0.05, 0) is 17.6 Å². The van der Waals surface area contributed by atoms with E-state index in [0.717, 1.165) is 11.1 Å². The molecule has 0 aromatic heterocycles. The molecule has 0 spiro atoms. The molecule has 0 saturated heterocycles. The van der Waals surface area contributed by atoms with E-state index in [4.69, 9.17) is 46.4 Å². The second-order valence-corrected chi connectivity index (χ2v) is 7.80. The summed E-state index contributed by atoms with van der Waals surface area (Å²) in [5, 5.41) is -0.376. The van der Waals surface area contributed by atoms with Crippen LogP contribution in [-0.2, 0) is 5.41 Å². The Morgan fingerprint density at radius 3 is 2.11 bits per heavy atom. The quantitative estimate of drug-likeness (QED) is 0.530. The van der Waals surface area contributed by atoms with E-state index in [1.807, 2.05) is 30.3 Å². The fraction of sp³-hybridized carbons (Fsp3) is 0.429. The van der Waals surface area contributed by atoms with Crippen LogP contribution in [0.5, 0.6) is 0 Å². The lowest BCUT2D eigenvalue weighted by atomic mass is 9.93. The Morgan fingerprint density at radius 1 is 1.11 bits per heavy atom. The van der Waals surface area contributed by atoms with E-state index in [1.165, 1.54) is 0 Å². The van der Waals surface area contributed by atoms with Crippen LogP contribution in [0.2, 0.25) is 0 Å². The number of rotatable bonds is 1.